The van der Waals surface area contributed by atoms with Crippen LogP contribution in [0.15, 0.2) is 76.4 Å². The van der Waals surface area contributed by atoms with Crippen molar-refractivity contribution in [1.29, 1.82) is 0 Å². The molecule has 1 aromatic heterocycles. The van der Waals surface area contributed by atoms with Crippen molar-refractivity contribution in [2.24, 2.45) is 11.8 Å². The van der Waals surface area contributed by atoms with Crippen LogP contribution < -0.4 is 25.6 Å². The Morgan fingerprint density at radius 2 is 1.70 bits per heavy atom. The molecule has 0 bridgehead atoms. The minimum atomic E-state index is -4.52. The average Bonchev–Trinajstić information content (AvgIpc) is 3.28. The Hall–Kier alpha value is -4.11. The summed E-state index contributed by atoms with van der Waals surface area (Å²) in [5, 5.41) is 24.8. The van der Waals surface area contributed by atoms with Gasteiger partial charge in [-0.05, 0) is 55.5 Å². The van der Waals surface area contributed by atoms with Crippen LogP contribution in [0.25, 0.3) is 0 Å². The Balaban J connectivity index is 1.59. The highest BCUT2D eigenvalue weighted by molar-refractivity contribution is 7.52. The highest BCUT2D eigenvalue weighted by Crippen LogP contribution is 2.47. The van der Waals surface area contributed by atoms with E-state index in [1.165, 1.54) is 19.1 Å². The van der Waals surface area contributed by atoms with Crippen LogP contribution in [0.3, 0.4) is 0 Å². The number of nitrogens with zero attached hydrogens (tertiary/aromatic N) is 1. The van der Waals surface area contributed by atoms with Gasteiger partial charge in [-0.2, -0.15) is 5.09 Å². The first-order chi connectivity index (χ1) is 23.6. The second kappa shape index (κ2) is 16.7. The molecule has 3 aromatic rings. The van der Waals surface area contributed by atoms with Gasteiger partial charge in [0.05, 0.1) is 19.1 Å². The number of carbonyl (C=O) groups is 2. The summed E-state index contributed by atoms with van der Waals surface area (Å²) >= 11 is 0. The van der Waals surface area contributed by atoms with Gasteiger partial charge in [0.15, 0.2) is 6.23 Å². The van der Waals surface area contributed by atoms with Crippen LogP contribution >= 0.6 is 7.75 Å². The van der Waals surface area contributed by atoms with E-state index >= 15 is 0 Å². The summed E-state index contributed by atoms with van der Waals surface area (Å²) in [5.41, 5.74) is -3.01. The molecule has 1 unspecified atom stereocenters. The van der Waals surface area contributed by atoms with Gasteiger partial charge < -0.3 is 28.9 Å². The number of rotatable bonds is 16. The van der Waals surface area contributed by atoms with Crippen molar-refractivity contribution in [3.63, 3.8) is 0 Å². The number of hydrogen-bond donors (Lipinski definition) is 4. The molecule has 0 spiro atoms. The van der Waals surface area contributed by atoms with Gasteiger partial charge in [0.1, 0.15) is 35.3 Å². The average molecular weight is 718 g/mol. The third-order valence-corrected chi connectivity index (χ3v) is 9.40. The van der Waals surface area contributed by atoms with E-state index in [-0.39, 0.29) is 30.6 Å². The van der Waals surface area contributed by atoms with Crippen molar-refractivity contribution < 1.29 is 47.6 Å². The zero-order chi connectivity index (χ0) is 36.6. The van der Waals surface area contributed by atoms with Gasteiger partial charge in [0, 0.05) is 12.3 Å². The lowest BCUT2D eigenvalue weighted by Gasteiger charge is -2.27. The van der Waals surface area contributed by atoms with Gasteiger partial charge in [-0.3, -0.25) is 28.5 Å². The highest BCUT2D eigenvalue weighted by atomic mass is 31.2. The first-order valence-corrected chi connectivity index (χ1v) is 17.7. The Morgan fingerprint density at radius 1 is 1.02 bits per heavy atom. The number of aliphatic hydroxyl groups excluding tert-OH is 1. The summed E-state index contributed by atoms with van der Waals surface area (Å²) < 4.78 is 43.6. The van der Waals surface area contributed by atoms with Crippen LogP contribution in [0.2, 0.25) is 0 Å². The van der Waals surface area contributed by atoms with Gasteiger partial charge in [0.2, 0.25) is 0 Å². The number of hydrogen-bond acceptors (Lipinski definition) is 12. The molecule has 0 saturated carbocycles. The van der Waals surface area contributed by atoms with Crippen molar-refractivity contribution >= 4 is 19.7 Å². The summed E-state index contributed by atoms with van der Waals surface area (Å²) in [6.45, 7) is 8.08. The fourth-order valence-electron chi connectivity index (χ4n) is 4.90. The minimum Gasteiger partial charge on any atom is -0.464 e. The summed E-state index contributed by atoms with van der Waals surface area (Å²) in [5.74, 6) is -0.786. The molecule has 1 saturated heterocycles. The Kier molecular flexibility index (Phi) is 12.9. The maximum Gasteiger partial charge on any atom is 0.459 e. The van der Waals surface area contributed by atoms with Crippen LogP contribution in [0, 0.1) is 11.8 Å². The van der Waals surface area contributed by atoms with Gasteiger partial charge in [-0.25, -0.2) is 9.36 Å². The summed E-state index contributed by atoms with van der Waals surface area (Å²) in [4.78, 5) is 51.6. The number of nitrogens with one attached hydrogen (secondary N) is 2. The first kappa shape index (κ1) is 38.7. The topological polar surface area (TPSA) is 205 Å². The Morgan fingerprint density at radius 3 is 2.32 bits per heavy atom. The van der Waals surface area contributed by atoms with E-state index in [2.05, 4.69) is 10.1 Å². The largest absolute Gasteiger partial charge is 0.464 e. The molecule has 4 N–H and O–H groups in total. The SMILES string of the molecule is CC(C)CCOC(=O)[C@H](Cc1ccc(OC(=O)C(C)C)cc1)NP(=O)(OC[C@H]1O[C@@H](n2ccc(=O)[nH]c2=O)[C@](C)(O)[C@@H]1O)Oc1ccccc1. The fraction of sp³-hybridized carbons (Fsp3) is 0.471. The van der Waals surface area contributed by atoms with Crippen molar-refractivity contribution in [3.8, 4) is 11.5 Å². The van der Waals surface area contributed by atoms with E-state index in [1.54, 1.807) is 56.3 Å². The van der Waals surface area contributed by atoms with E-state index in [0.717, 1.165) is 16.8 Å². The molecule has 0 amide bonds. The standard InChI is InChI=1S/C34H44N3O12P/c1-21(2)16-18-45-31(41)26(19-23-11-13-24(14-12-23)47-30(40)22(3)4)36-50(44,49-25-9-7-6-8-10-25)46-20-27-29(39)34(5,43)32(48-27)37-17-15-28(38)35-33(37)42/h6-15,17,21-22,26-27,29,32,39,43H,16,18-20H2,1-5H3,(H,36,44)(H,35,38,42)/t26-,27+,29+,32+,34+,50?/m0/s1. The van der Waals surface area contributed by atoms with E-state index in [0.29, 0.717) is 17.7 Å². The number of aromatic amines is 1. The molecule has 272 valence electrons. The number of para-hydroxylation sites is 1. The van der Waals surface area contributed by atoms with E-state index < -0.39 is 67.6 Å². The smallest absolute Gasteiger partial charge is 0.459 e. The molecule has 15 nitrogen and oxygen atoms in total. The number of ether oxygens (including phenoxy) is 3. The van der Waals surface area contributed by atoms with Gasteiger partial charge in [-0.15, -0.1) is 0 Å². The zero-order valence-corrected chi connectivity index (χ0v) is 29.4. The molecule has 2 heterocycles. The zero-order valence-electron chi connectivity index (χ0n) is 28.5. The second-order valence-corrected chi connectivity index (χ2v) is 14.6. The molecule has 16 heteroatoms. The molecular formula is C34H44N3O12P. The van der Waals surface area contributed by atoms with Crippen molar-refractivity contribution in [2.45, 2.75) is 77.5 Å². The van der Waals surface area contributed by atoms with Gasteiger partial charge in [-0.1, -0.05) is 58.0 Å². The Bertz CT molecular complexity index is 1760. The summed E-state index contributed by atoms with van der Waals surface area (Å²) in [6.07, 6.45) is -2.81. The molecule has 0 radical (unpaired) electrons. The molecule has 50 heavy (non-hydrogen) atoms. The molecule has 6 atom stereocenters. The molecule has 1 fully saturated rings. The molecule has 4 rings (SSSR count). The third-order valence-electron chi connectivity index (χ3n) is 7.83. The Labute approximate surface area is 289 Å². The lowest BCUT2D eigenvalue weighted by molar-refractivity contribution is -0.146. The van der Waals surface area contributed by atoms with Gasteiger partial charge in [0.25, 0.3) is 5.56 Å². The predicted molar refractivity (Wildman–Crippen MR) is 180 cm³/mol. The number of aliphatic hydroxyl groups is 2. The van der Waals surface area contributed by atoms with Crippen molar-refractivity contribution in [2.75, 3.05) is 13.2 Å². The first-order valence-electron chi connectivity index (χ1n) is 16.2. The van der Waals surface area contributed by atoms with Crippen LogP contribution in [-0.2, 0) is 34.6 Å². The van der Waals surface area contributed by atoms with Crippen molar-refractivity contribution in [1.82, 2.24) is 14.6 Å². The van der Waals surface area contributed by atoms with E-state index in [9.17, 15) is 34.0 Å². The normalized spacial score (nSPS) is 22.2. The molecule has 2 aromatic carbocycles. The number of carbonyl (C=O) groups excluding carboxylic acids is 2. The minimum absolute atomic E-state index is 0.0428. The number of aromatic nitrogens is 2. The molecule has 1 aliphatic heterocycles. The highest BCUT2D eigenvalue weighted by Gasteiger charge is 2.54. The predicted octanol–water partition coefficient (Wildman–Crippen LogP) is 3.10. The van der Waals surface area contributed by atoms with Crippen LogP contribution in [-0.4, -0.2) is 68.8 Å². The van der Waals surface area contributed by atoms with E-state index in [1.807, 2.05) is 13.8 Å². The lowest BCUT2D eigenvalue weighted by atomic mass is 9.96. The third kappa shape index (κ3) is 10.2. The van der Waals surface area contributed by atoms with E-state index in [4.69, 9.17) is 23.3 Å². The van der Waals surface area contributed by atoms with Crippen LogP contribution in [0.1, 0.15) is 52.8 Å². The molecule has 0 aliphatic carbocycles. The lowest BCUT2D eigenvalue weighted by Crippen LogP contribution is -2.47. The van der Waals surface area contributed by atoms with Crippen molar-refractivity contribution in [3.05, 3.63) is 93.3 Å². The van der Waals surface area contributed by atoms with Crippen LogP contribution in [0.4, 0.5) is 0 Å². The molecule has 1 aliphatic rings. The summed E-state index contributed by atoms with van der Waals surface area (Å²) in [6, 6.07) is 14.2. The van der Waals surface area contributed by atoms with Crippen LogP contribution in [0.5, 0.6) is 11.5 Å². The number of esters is 2. The maximum atomic E-state index is 14.5. The maximum absolute atomic E-state index is 14.5. The summed E-state index contributed by atoms with van der Waals surface area (Å²) in [7, 11) is -4.52. The number of H-pyrrole nitrogens is 1. The quantitative estimate of drug-likeness (QED) is 0.0957. The molecular weight excluding hydrogens is 673 g/mol. The monoisotopic (exact) mass is 717 g/mol. The second-order valence-electron chi connectivity index (χ2n) is 12.9. The fourth-order valence-corrected chi connectivity index (χ4v) is 6.40. The number of benzene rings is 2. The van der Waals surface area contributed by atoms with Gasteiger partial charge >= 0.3 is 25.4 Å².